The van der Waals surface area contributed by atoms with Crippen molar-refractivity contribution in [2.24, 2.45) is 11.7 Å². The van der Waals surface area contributed by atoms with E-state index in [4.69, 9.17) is 5.73 Å². The Bertz CT molecular complexity index is 208. The second-order valence-electron chi connectivity index (χ2n) is 3.17. The minimum absolute atomic E-state index is 0.0862. The van der Waals surface area contributed by atoms with Gasteiger partial charge in [0.15, 0.2) is 5.78 Å². The third-order valence-corrected chi connectivity index (χ3v) is 1.56. The zero-order valence-corrected chi connectivity index (χ0v) is 8.36. The van der Waals surface area contributed by atoms with Crippen LogP contribution in [0.3, 0.4) is 0 Å². The van der Waals surface area contributed by atoms with E-state index in [1.54, 1.807) is 13.8 Å². The summed E-state index contributed by atoms with van der Waals surface area (Å²) in [6.07, 6.45) is 0.822. The fourth-order valence-corrected chi connectivity index (χ4v) is 0.828. The van der Waals surface area contributed by atoms with Crippen LogP contribution in [0.4, 0.5) is 4.39 Å². The van der Waals surface area contributed by atoms with Gasteiger partial charge in [-0.3, -0.25) is 4.79 Å². The van der Waals surface area contributed by atoms with Gasteiger partial charge < -0.3 is 11.1 Å². The number of rotatable bonds is 5. The highest BCUT2D eigenvalue weighted by molar-refractivity contribution is 5.96. The van der Waals surface area contributed by atoms with Crippen LogP contribution in [-0.2, 0) is 4.79 Å². The molecule has 0 aliphatic carbocycles. The summed E-state index contributed by atoms with van der Waals surface area (Å²) < 4.78 is 12.7. The van der Waals surface area contributed by atoms with Crippen molar-refractivity contribution in [1.82, 2.24) is 5.32 Å². The molecule has 0 saturated heterocycles. The molecule has 0 rings (SSSR count). The molecule has 0 spiro atoms. The number of halogens is 1. The maximum Gasteiger partial charge on any atom is 0.211 e. The van der Waals surface area contributed by atoms with Crippen molar-refractivity contribution in [2.75, 3.05) is 6.54 Å². The van der Waals surface area contributed by atoms with Crippen molar-refractivity contribution in [3.05, 3.63) is 11.6 Å². The standard InChI is InChI=1S/C9H17FN2O/c1-4-5-12-7(9(10)11)8(13)6(2)3/h6,12H,4-5,11H2,1-3H3/b9-7-. The lowest BCUT2D eigenvalue weighted by Gasteiger charge is -2.10. The SMILES string of the molecule is CCCN/C(C(=O)C(C)C)=C(\N)F. The molecule has 0 aliphatic heterocycles. The lowest BCUT2D eigenvalue weighted by atomic mass is 10.1. The summed E-state index contributed by atoms with van der Waals surface area (Å²) in [5, 5.41) is 2.68. The minimum atomic E-state index is -0.924. The smallest absolute Gasteiger partial charge is 0.211 e. The molecule has 0 aromatic rings. The Morgan fingerprint density at radius 1 is 1.54 bits per heavy atom. The predicted octanol–water partition coefficient (Wildman–Crippen LogP) is 1.31. The van der Waals surface area contributed by atoms with Gasteiger partial charge in [0.2, 0.25) is 5.95 Å². The Kier molecular flexibility index (Phi) is 5.11. The number of nitrogens with two attached hydrogens (primary N) is 1. The fourth-order valence-electron chi connectivity index (χ4n) is 0.828. The van der Waals surface area contributed by atoms with Gasteiger partial charge in [0, 0.05) is 12.5 Å². The average Bonchev–Trinajstić information content (AvgIpc) is 2.04. The summed E-state index contributed by atoms with van der Waals surface area (Å²) in [6.45, 7) is 5.90. The number of carbonyl (C=O) groups is 1. The van der Waals surface area contributed by atoms with Gasteiger partial charge in [-0.25, -0.2) is 0 Å². The lowest BCUT2D eigenvalue weighted by molar-refractivity contribution is -0.118. The number of nitrogens with one attached hydrogen (secondary N) is 1. The van der Waals surface area contributed by atoms with Crippen LogP contribution in [-0.4, -0.2) is 12.3 Å². The first-order valence-electron chi connectivity index (χ1n) is 4.44. The van der Waals surface area contributed by atoms with E-state index in [9.17, 15) is 9.18 Å². The van der Waals surface area contributed by atoms with E-state index in [0.29, 0.717) is 6.54 Å². The molecule has 3 N–H and O–H groups in total. The van der Waals surface area contributed by atoms with Gasteiger partial charge in [-0.15, -0.1) is 0 Å². The maximum absolute atomic E-state index is 12.7. The molecule has 0 atom stereocenters. The first-order valence-corrected chi connectivity index (χ1v) is 4.44. The Morgan fingerprint density at radius 3 is 2.38 bits per heavy atom. The highest BCUT2D eigenvalue weighted by Crippen LogP contribution is 2.06. The average molecular weight is 188 g/mol. The van der Waals surface area contributed by atoms with Crippen molar-refractivity contribution in [1.29, 1.82) is 0 Å². The number of carbonyl (C=O) groups excluding carboxylic acids is 1. The Balaban J connectivity index is 4.45. The van der Waals surface area contributed by atoms with Crippen LogP contribution in [0.15, 0.2) is 11.6 Å². The fraction of sp³-hybridized carbons (Fsp3) is 0.667. The molecule has 13 heavy (non-hydrogen) atoms. The molecule has 3 nitrogen and oxygen atoms in total. The van der Waals surface area contributed by atoms with Crippen molar-refractivity contribution >= 4 is 5.78 Å². The summed E-state index contributed by atoms with van der Waals surface area (Å²) in [7, 11) is 0. The Labute approximate surface area is 78.2 Å². The highest BCUT2D eigenvalue weighted by Gasteiger charge is 2.16. The van der Waals surface area contributed by atoms with Crippen LogP contribution >= 0.6 is 0 Å². The van der Waals surface area contributed by atoms with E-state index in [1.165, 1.54) is 0 Å². The van der Waals surface area contributed by atoms with Crippen LogP contribution in [0.1, 0.15) is 27.2 Å². The van der Waals surface area contributed by atoms with Crippen LogP contribution in [0.25, 0.3) is 0 Å². The van der Waals surface area contributed by atoms with E-state index in [1.807, 2.05) is 6.92 Å². The van der Waals surface area contributed by atoms with E-state index >= 15 is 0 Å². The summed E-state index contributed by atoms with van der Waals surface area (Å²) in [5.41, 5.74) is 4.86. The van der Waals surface area contributed by atoms with Crippen molar-refractivity contribution in [2.45, 2.75) is 27.2 Å². The number of hydrogen-bond acceptors (Lipinski definition) is 3. The van der Waals surface area contributed by atoms with Gasteiger partial charge in [-0.05, 0) is 6.42 Å². The number of hydrogen-bond donors (Lipinski definition) is 2. The zero-order chi connectivity index (χ0) is 10.4. The molecular formula is C9H17FN2O. The molecule has 0 unspecified atom stereocenters. The van der Waals surface area contributed by atoms with Crippen molar-refractivity contribution in [3.8, 4) is 0 Å². The van der Waals surface area contributed by atoms with E-state index in [0.717, 1.165) is 6.42 Å². The lowest BCUT2D eigenvalue weighted by Crippen LogP contribution is -2.27. The summed E-state index contributed by atoms with van der Waals surface area (Å²) in [6, 6.07) is 0. The molecule has 0 fully saturated rings. The largest absolute Gasteiger partial charge is 0.379 e. The third kappa shape index (κ3) is 3.92. The van der Waals surface area contributed by atoms with Crippen molar-refractivity contribution < 1.29 is 9.18 Å². The molecular weight excluding hydrogens is 171 g/mol. The summed E-state index contributed by atoms with van der Waals surface area (Å²) >= 11 is 0. The summed E-state index contributed by atoms with van der Waals surface area (Å²) in [4.78, 5) is 11.3. The predicted molar refractivity (Wildman–Crippen MR) is 50.5 cm³/mol. The van der Waals surface area contributed by atoms with Gasteiger partial charge >= 0.3 is 0 Å². The quantitative estimate of drug-likeness (QED) is 0.505. The molecule has 0 amide bonds. The van der Waals surface area contributed by atoms with Crippen LogP contribution in [0.2, 0.25) is 0 Å². The second-order valence-corrected chi connectivity index (χ2v) is 3.17. The minimum Gasteiger partial charge on any atom is -0.379 e. The van der Waals surface area contributed by atoms with E-state index < -0.39 is 5.95 Å². The third-order valence-electron chi connectivity index (χ3n) is 1.56. The molecule has 0 radical (unpaired) electrons. The highest BCUT2D eigenvalue weighted by atomic mass is 19.1. The molecule has 0 bridgehead atoms. The molecule has 0 aromatic carbocycles. The van der Waals surface area contributed by atoms with Gasteiger partial charge in [0.25, 0.3) is 0 Å². The monoisotopic (exact) mass is 188 g/mol. The van der Waals surface area contributed by atoms with Gasteiger partial charge in [0.1, 0.15) is 5.70 Å². The Morgan fingerprint density at radius 2 is 2.08 bits per heavy atom. The first kappa shape index (κ1) is 11.9. The van der Waals surface area contributed by atoms with Crippen LogP contribution < -0.4 is 11.1 Å². The zero-order valence-electron chi connectivity index (χ0n) is 8.36. The topological polar surface area (TPSA) is 55.1 Å². The number of ketones is 1. The Hall–Kier alpha value is -1.06. The number of Topliss-reactive ketones (excluding diaryl/α,β-unsaturated/α-hetero) is 1. The molecule has 0 aliphatic rings. The number of allylic oxidation sites excluding steroid dienone is 1. The van der Waals surface area contributed by atoms with Gasteiger partial charge in [0.05, 0.1) is 0 Å². The first-order chi connectivity index (χ1) is 6.00. The maximum atomic E-state index is 12.7. The second kappa shape index (κ2) is 5.56. The normalized spacial score (nSPS) is 12.7. The van der Waals surface area contributed by atoms with Gasteiger partial charge in [-0.2, -0.15) is 4.39 Å². The molecule has 0 heterocycles. The molecule has 0 saturated carbocycles. The van der Waals surface area contributed by atoms with E-state index in [-0.39, 0.29) is 17.4 Å². The molecule has 0 aromatic heterocycles. The van der Waals surface area contributed by atoms with Crippen molar-refractivity contribution in [3.63, 3.8) is 0 Å². The van der Waals surface area contributed by atoms with Crippen LogP contribution in [0, 0.1) is 5.92 Å². The van der Waals surface area contributed by atoms with Gasteiger partial charge in [-0.1, -0.05) is 20.8 Å². The molecule has 4 heteroatoms. The van der Waals surface area contributed by atoms with Crippen LogP contribution in [0.5, 0.6) is 0 Å². The summed E-state index contributed by atoms with van der Waals surface area (Å²) in [5.74, 6) is -1.45. The van der Waals surface area contributed by atoms with E-state index in [2.05, 4.69) is 5.32 Å². The molecule has 76 valence electrons.